The van der Waals surface area contributed by atoms with Crippen LogP contribution in [-0.2, 0) is 9.53 Å². The Morgan fingerprint density at radius 2 is 1.75 bits per heavy atom. The van der Waals surface area contributed by atoms with Crippen molar-refractivity contribution in [2.45, 2.75) is 39.3 Å². The van der Waals surface area contributed by atoms with Crippen LogP contribution >= 0.6 is 0 Å². The number of para-hydroxylation sites is 2. The van der Waals surface area contributed by atoms with E-state index in [1.165, 1.54) is 6.92 Å². The average Bonchev–Trinajstić information content (AvgIpc) is 2.28. The number of carboxylic acid groups (broad SMARTS) is 1. The van der Waals surface area contributed by atoms with Gasteiger partial charge < -0.3 is 15.2 Å². The zero-order chi connectivity index (χ0) is 15.3. The molecule has 0 saturated heterocycles. The maximum absolute atomic E-state index is 11.7. The first-order valence-corrected chi connectivity index (χ1v) is 6.27. The van der Waals surface area contributed by atoms with Crippen molar-refractivity contribution in [2.24, 2.45) is 0 Å². The van der Waals surface area contributed by atoms with E-state index in [4.69, 9.17) is 9.84 Å². The number of carbonyl (C=O) groups is 2. The van der Waals surface area contributed by atoms with Gasteiger partial charge in [0.1, 0.15) is 11.6 Å². The molecule has 1 amide bonds. The summed E-state index contributed by atoms with van der Waals surface area (Å²) >= 11 is 0. The molecule has 0 aliphatic heterocycles. The zero-order valence-electron chi connectivity index (χ0n) is 12.1. The third-order valence-electron chi connectivity index (χ3n) is 2.31. The second-order valence-corrected chi connectivity index (χ2v) is 5.38. The highest BCUT2D eigenvalue weighted by Crippen LogP contribution is 2.22. The molecule has 3 N–H and O–H groups in total. The molecular formula is C14H20N2O4. The fourth-order valence-corrected chi connectivity index (χ4v) is 1.43. The molecule has 0 saturated carbocycles. The Bertz CT molecular complexity index is 494. The molecule has 1 aromatic carbocycles. The standard InChI is InChI=1S/C14H20N2O4/c1-9(12(17)18)15-10-7-5-6-8-11(10)16-13(19)20-14(2,3)4/h5-9,15H,1-4H3,(H,16,19)(H,17,18). The summed E-state index contributed by atoms with van der Waals surface area (Å²) in [6.45, 7) is 6.82. The third kappa shape index (κ3) is 5.17. The van der Waals surface area contributed by atoms with Crippen LogP contribution in [0.5, 0.6) is 0 Å². The van der Waals surface area contributed by atoms with Crippen molar-refractivity contribution in [3.63, 3.8) is 0 Å². The molecule has 6 heteroatoms. The summed E-state index contributed by atoms with van der Waals surface area (Å²) in [5.74, 6) is -0.975. The van der Waals surface area contributed by atoms with Gasteiger partial charge in [0.25, 0.3) is 0 Å². The number of carbonyl (C=O) groups excluding carboxylic acids is 1. The topological polar surface area (TPSA) is 87.7 Å². The van der Waals surface area contributed by atoms with Gasteiger partial charge in [-0.1, -0.05) is 12.1 Å². The molecule has 0 aliphatic rings. The summed E-state index contributed by atoms with van der Waals surface area (Å²) in [5, 5.41) is 14.3. The quantitative estimate of drug-likeness (QED) is 0.789. The lowest BCUT2D eigenvalue weighted by Gasteiger charge is -2.21. The Morgan fingerprint density at radius 3 is 2.25 bits per heavy atom. The Morgan fingerprint density at radius 1 is 1.20 bits per heavy atom. The first kappa shape index (κ1) is 15.8. The number of nitrogens with one attached hydrogen (secondary N) is 2. The lowest BCUT2D eigenvalue weighted by Crippen LogP contribution is -2.29. The van der Waals surface area contributed by atoms with E-state index in [9.17, 15) is 9.59 Å². The molecule has 0 bridgehead atoms. The van der Waals surface area contributed by atoms with Crippen molar-refractivity contribution in [2.75, 3.05) is 10.6 Å². The summed E-state index contributed by atoms with van der Waals surface area (Å²) in [4.78, 5) is 22.6. The second kappa shape index (κ2) is 6.27. The number of aliphatic carboxylic acids is 1. The molecule has 0 fully saturated rings. The van der Waals surface area contributed by atoms with E-state index < -0.39 is 23.7 Å². The molecule has 1 aromatic rings. The summed E-state index contributed by atoms with van der Waals surface area (Å²) < 4.78 is 5.15. The van der Waals surface area contributed by atoms with E-state index in [1.54, 1.807) is 45.0 Å². The molecule has 0 spiro atoms. The monoisotopic (exact) mass is 280 g/mol. The number of anilines is 2. The molecule has 0 aliphatic carbocycles. The van der Waals surface area contributed by atoms with Gasteiger partial charge in [-0.3, -0.25) is 10.1 Å². The number of rotatable bonds is 4. The minimum atomic E-state index is -0.975. The van der Waals surface area contributed by atoms with Crippen LogP contribution in [0.3, 0.4) is 0 Å². The molecule has 6 nitrogen and oxygen atoms in total. The van der Waals surface area contributed by atoms with E-state index in [-0.39, 0.29) is 0 Å². The normalized spacial score (nSPS) is 12.4. The Hall–Kier alpha value is -2.24. The number of carboxylic acids is 1. The van der Waals surface area contributed by atoms with Crippen LogP contribution in [-0.4, -0.2) is 28.8 Å². The van der Waals surface area contributed by atoms with E-state index >= 15 is 0 Å². The summed E-state index contributed by atoms with van der Waals surface area (Å²) in [6.07, 6.45) is -0.588. The van der Waals surface area contributed by atoms with Crippen LogP contribution in [0.15, 0.2) is 24.3 Å². The number of amides is 1. The van der Waals surface area contributed by atoms with Gasteiger partial charge in [0.2, 0.25) is 0 Å². The van der Waals surface area contributed by atoms with Crippen LogP contribution < -0.4 is 10.6 Å². The highest BCUT2D eigenvalue weighted by Gasteiger charge is 2.18. The van der Waals surface area contributed by atoms with Crippen molar-refractivity contribution in [3.8, 4) is 0 Å². The summed E-state index contributed by atoms with van der Waals surface area (Å²) in [6, 6.07) is 6.07. The molecule has 110 valence electrons. The molecular weight excluding hydrogens is 260 g/mol. The third-order valence-corrected chi connectivity index (χ3v) is 2.31. The molecule has 1 unspecified atom stereocenters. The Labute approximate surface area is 118 Å². The fraction of sp³-hybridized carbons (Fsp3) is 0.429. The molecule has 0 aromatic heterocycles. The van der Waals surface area contributed by atoms with E-state index in [1.807, 2.05) is 0 Å². The first-order chi connectivity index (χ1) is 9.19. The number of hydrogen-bond donors (Lipinski definition) is 3. The average molecular weight is 280 g/mol. The summed E-state index contributed by atoms with van der Waals surface area (Å²) in [5.41, 5.74) is 0.393. The van der Waals surface area contributed by atoms with Crippen LogP contribution in [0, 0.1) is 0 Å². The van der Waals surface area contributed by atoms with Gasteiger partial charge in [-0.25, -0.2) is 4.79 Å². The van der Waals surface area contributed by atoms with Gasteiger partial charge in [0.05, 0.1) is 11.4 Å². The van der Waals surface area contributed by atoms with Crippen molar-refractivity contribution in [1.29, 1.82) is 0 Å². The van der Waals surface area contributed by atoms with E-state index in [0.717, 1.165) is 0 Å². The van der Waals surface area contributed by atoms with E-state index in [2.05, 4.69) is 10.6 Å². The molecule has 20 heavy (non-hydrogen) atoms. The van der Waals surface area contributed by atoms with Crippen molar-refractivity contribution < 1.29 is 19.4 Å². The smallest absolute Gasteiger partial charge is 0.412 e. The fourth-order valence-electron chi connectivity index (χ4n) is 1.43. The second-order valence-electron chi connectivity index (χ2n) is 5.38. The van der Waals surface area contributed by atoms with Crippen LogP contribution in [0.2, 0.25) is 0 Å². The predicted molar refractivity (Wildman–Crippen MR) is 77.0 cm³/mol. The number of hydrogen-bond acceptors (Lipinski definition) is 4. The SMILES string of the molecule is CC(Nc1ccccc1NC(=O)OC(C)(C)C)C(=O)O. The Kier molecular flexibility index (Phi) is 4.96. The van der Waals surface area contributed by atoms with E-state index in [0.29, 0.717) is 11.4 Å². The number of ether oxygens (including phenoxy) is 1. The largest absolute Gasteiger partial charge is 0.480 e. The van der Waals surface area contributed by atoms with Gasteiger partial charge >= 0.3 is 12.1 Å². The summed E-state index contributed by atoms with van der Waals surface area (Å²) in [7, 11) is 0. The minimum absolute atomic E-state index is 0.467. The van der Waals surface area contributed by atoms with Gasteiger partial charge in [0.15, 0.2) is 0 Å². The molecule has 0 radical (unpaired) electrons. The van der Waals surface area contributed by atoms with Gasteiger partial charge in [-0.15, -0.1) is 0 Å². The van der Waals surface area contributed by atoms with Crippen LogP contribution in [0.4, 0.5) is 16.2 Å². The highest BCUT2D eigenvalue weighted by atomic mass is 16.6. The lowest BCUT2D eigenvalue weighted by atomic mass is 10.2. The Balaban J connectivity index is 2.80. The molecule has 1 atom stereocenters. The van der Waals surface area contributed by atoms with Crippen LogP contribution in [0.1, 0.15) is 27.7 Å². The van der Waals surface area contributed by atoms with Gasteiger partial charge in [-0.05, 0) is 39.8 Å². The first-order valence-electron chi connectivity index (χ1n) is 6.27. The van der Waals surface area contributed by atoms with Crippen molar-refractivity contribution >= 4 is 23.4 Å². The van der Waals surface area contributed by atoms with Crippen LogP contribution in [0.25, 0.3) is 0 Å². The van der Waals surface area contributed by atoms with Crippen molar-refractivity contribution in [3.05, 3.63) is 24.3 Å². The maximum Gasteiger partial charge on any atom is 0.412 e. The number of benzene rings is 1. The molecule has 0 heterocycles. The predicted octanol–water partition coefficient (Wildman–Crippen LogP) is 2.92. The maximum atomic E-state index is 11.7. The molecule has 1 rings (SSSR count). The van der Waals surface area contributed by atoms with Crippen molar-refractivity contribution in [1.82, 2.24) is 0 Å². The van der Waals surface area contributed by atoms with Gasteiger partial charge in [0, 0.05) is 0 Å². The lowest BCUT2D eigenvalue weighted by molar-refractivity contribution is -0.137. The van der Waals surface area contributed by atoms with Gasteiger partial charge in [-0.2, -0.15) is 0 Å². The minimum Gasteiger partial charge on any atom is -0.480 e. The highest BCUT2D eigenvalue weighted by molar-refractivity contribution is 5.90. The zero-order valence-corrected chi connectivity index (χ0v) is 12.1.